The maximum atomic E-state index is 4.91. The molecule has 0 bridgehead atoms. The Kier molecular flexibility index (Phi) is 5.13. The lowest BCUT2D eigenvalue weighted by molar-refractivity contribution is 0.415. The van der Waals surface area contributed by atoms with Crippen LogP contribution in [0.4, 0.5) is 0 Å². The van der Waals surface area contributed by atoms with Crippen LogP contribution in [0.25, 0.3) is 0 Å². The molecule has 0 unspecified atom stereocenters. The second-order valence-electron chi connectivity index (χ2n) is 3.67. The normalized spacial score (nSPS) is 8.94. The summed E-state index contributed by atoms with van der Waals surface area (Å²) in [4.78, 5) is 0. The number of benzene rings is 2. The third kappa shape index (κ3) is 4.65. The topological polar surface area (TPSA) is 9.23 Å². The van der Waals surface area contributed by atoms with Gasteiger partial charge in [0.25, 0.3) is 0 Å². The van der Waals surface area contributed by atoms with Gasteiger partial charge in [-0.3, -0.25) is 0 Å². The smallest absolute Gasteiger partial charge is 0.118 e. The molecule has 84 valence electrons. The summed E-state index contributed by atoms with van der Waals surface area (Å²) in [5.74, 6) is 0.910. The van der Waals surface area contributed by atoms with Gasteiger partial charge in [0.05, 0.1) is 7.11 Å². The van der Waals surface area contributed by atoms with Crippen LogP contribution in [0, 0.1) is 13.8 Å². The quantitative estimate of drug-likeness (QED) is 0.697. The maximum absolute atomic E-state index is 4.91. The van der Waals surface area contributed by atoms with Crippen LogP contribution in [0.2, 0.25) is 0 Å². The highest BCUT2D eigenvalue weighted by atomic mass is 16.5. The number of methoxy groups -OCH3 is 1. The maximum Gasteiger partial charge on any atom is 0.118 e. The minimum Gasteiger partial charge on any atom is -0.497 e. The van der Waals surface area contributed by atoms with Crippen LogP contribution in [0.1, 0.15) is 11.1 Å². The lowest BCUT2D eigenvalue weighted by atomic mass is 10.2. The van der Waals surface area contributed by atoms with Gasteiger partial charge in [-0.05, 0) is 26.0 Å². The van der Waals surface area contributed by atoms with Crippen molar-refractivity contribution in [2.45, 2.75) is 13.8 Å². The van der Waals surface area contributed by atoms with Gasteiger partial charge in [-0.15, -0.1) is 0 Å². The Morgan fingerprint density at radius 3 is 1.44 bits per heavy atom. The van der Waals surface area contributed by atoms with Gasteiger partial charge >= 0.3 is 0 Å². The highest BCUT2D eigenvalue weighted by Gasteiger charge is 1.80. The summed E-state index contributed by atoms with van der Waals surface area (Å²) >= 11 is 0. The summed E-state index contributed by atoms with van der Waals surface area (Å²) in [6, 6.07) is 18.2. The van der Waals surface area contributed by atoms with Gasteiger partial charge in [0.1, 0.15) is 5.75 Å². The van der Waals surface area contributed by atoms with E-state index in [0.29, 0.717) is 0 Å². The Bertz CT molecular complexity index is 369. The van der Waals surface area contributed by atoms with Crippen LogP contribution in [-0.2, 0) is 0 Å². The molecule has 0 aliphatic carbocycles. The van der Waals surface area contributed by atoms with Crippen molar-refractivity contribution in [2.75, 3.05) is 7.11 Å². The molecule has 0 heterocycles. The van der Waals surface area contributed by atoms with Gasteiger partial charge in [0.15, 0.2) is 0 Å². The molecule has 1 heteroatoms. The number of rotatable bonds is 1. The minimum atomic E-state index is 0.910. The van der Waals surface area contributed by atoms with Crippen molar-refractivity contribution < 1.29 is 4.74 Å². The number of aryl methyl sites for hydroxylation is 2. The second kappa shape index (κ2) is 6.67. The fraction of sp³-hybridized carbons (Fsp3) is 0.200. The molecule has 2 aromatic rings. The summed E-state index contributed by atoms with van der Waals surface area (Å²) in [6.45, 7) is 4.19. The van der Waals surface area contributed by atoms with Crippen LogP contribution in [0.5, 0.6) is 5.75 Å². The summed E-state index contributed by atoms with van der Waals surface area (Å²) in [6.07, 6.45) is 0. The first-order valence-electron chi connectivity index (χ1n) is 5.34. The molecule has 0 saturated heterocycles. The number of ether oxygens (including phenoxy) is 1. The van der Waals surface area contributed by atoms with Crippen LogP contribution in [0.3, 0.4) is 0 Å². The van der Waals surface area contributed by atoms with Crippen molar-refractivity contribution in [2.24, 2.45) is 0 Å². The summed E-state index contributed by atoms with van der Waals surface area (Å²) < 4.78 is 4.91. The molecule has 0 radical (unpaired) electrons. The Morgan fingerprint density at radius 1 is 0.688 bits per heavy atom. The third-order valence-electron chi connectivity index (χ3n) is 2.20. The van der Waals surface area contributed by atoms with Gasteiger partial charge in [0, 0.05) is 0 Å². The molecule has 1 nitrogen and oxygen atoms in total. The van der Waals surface area contributed by atoms with E-state index in [1.54, 1.807) is 7.11 Å². The van der Waals surface area contributed by atoms with Crippen molar-refractivity contribution in [1.29, 1.82) is 0 Å². The Balaban J connectivity index is 0.000000160. The zero-order valence-corrected chi connectivity index (χ0v) is 10.1. The van der Waals surface area contributed by atoms with E-state index in [9.17, 15) is 0 Å². The molecule has 0 aliphatic rings. The Hall–Kier alpha value is -1.76. The van der Waals surface area contributed by atoms with Crippen molar-refractivity contribution in [3.8, 4) is 5.75 Å². The summed E-state index contributed by atoms with van der Waals surface area (Å²) in [7, 11) is 1.66. The van der Waals surface area contributed by atoms with E-state index in [1.165, 1.54) is 11.1 Å². The second-order valence-corrected chi connectivity index (χ2v) is 3.67. The van der Waals surface area contributed by atoms with Crippen molar-refractivity contribution in [3.63, 3.8) is 0 Å². The first kappa shape index (κ1) is 12.3. The van der Waals surface area contributed by atoms with E-state index in [-0.39, 0.29) is 0 Å². The molecule has 0 aromatic heterocycles. The van der Waals surface area contributed by atoms with Crippen LogP contribution in [0.15, 0.2) is 54.6 Å². The number of para-hydroxylation sites is 1. The molecule has 2 rings (SSSR count). The van der Waals surface area contributed by atoms with E-state index in [0.717, 1.165) is 5.75 Å². The van der Waals surface area contributed by atoms with E-state index in [2.05, 4.69) is 38.1 Å². The lowest BCUT2D eigenvalue weighted by Gasteiger charge is -1.93. The first-order chi connectivity index (χ1) is 7.72. The van der Waals surface area contributed by atoms with E-state index in [4.69, 9.17) is 4.74 Å². The largest absolute Gasteiger partial charge is 0.497 e. The molecule has 0 N–H and O–H groups in total. The summed E-state index contributed by atoms with van der Waals surface area (Å²) in [5.41, 5.74) is 2.66. The molecule has 0 aliphatic heterocycles. The zero-order valence-electron chi connectivity index (χ0n) is 10.1. The first-order valence-corrected chi connectivity index (χ1v) is 5.34. The van der Waals surface area contributed by atoms with Gasteiger partial charge in [-0.1, -0.05) is 53.6 Å². The number of hydrogen-bond acceptors (Lipinski definition) is 1. The lowest BCUT2D eigenvalue weighted by Crippen LogP contribution is -1.78. The van der Waals surface area contributed by atoms with E-state index < -0.39 is 0 Å². The van der Waals surface area contributed by atoms with E-state index >= 15 is 0 Å². The van der Waals surface area contributed by atoms with Crippen molar-refractivity contribution in [1.82, 2.24) is 0 Å². The van der Waals surface area contributed by atoms with Gasteiger partial charge in [-0.2, -0.15) is 0 Å². The predicted octanol–water partition coefficient (Wildman–Crippen LogP) is 4.00. The van der Waals surface area contributed by atoms with Crippen LogP contribution >= 0.6 is 0 Å². The number of hydrogen-bond donors (Lipinski definition) is 0. The molecular formula is C15H18O. The predicted molar refractivity (Wildman–Crippen MR) is 68.9 cm³/mol. The molecule has 0 spiro atoms. The van der Waals surface area contributed by atoms with E-state index in [1.807, 2.05) is 30.3 Å². The zero-order chi connectivity index (χ0) is 11.8. The minimum absolute atomic E-state index is 0.910. The molecule has 0 atom stereocenters. The van der Waals surface area contributed by atoms with Gasteiger partial charge in [0.2, 0.25) is 0 Å². The summed E-state index contributed by atoms with van der Waals surface area (Å²) in [5, 5.41) is 0. The average molecular weight is 214 g/mol. The standard InChI is InChI=1S/C8H10.C7H8O/c1-7-3-5-8(2)6-4-7;1-8-7-5-3-2-4-6-7/h3-6H,1-2H3;2-6H,1H3. The van der Waals surface area contributed by atoms with Crippen LogP contribution < -0.4 is 4.74 Å². The van der Waals surface area contributed by atoms with Crippen LogP contribution in [-0.4, -0.2) is 7.11 Å². The third-order valence-corrected chi connectivity index (χ3v) is 2.20. The molecule has 0 saturated carbocycles. The highest BCUT2D eigenvalue weighted by Crippen LogP contribution is 2.05. The SMILES string of the molecule is COc1ccccc1.Cc1ccc(C)cc1. The molecule has 0 fully saturated rings. The van der Waals surface area contributed by atoms with Crippen molar-refractivity contribution >= 4 is 0 Å². The average Bonchev–Trinajstić information content (AvgIpc) is 2.35. The molecule has 0 amide bonds. The fourth-order valence-corrected chi connectivity index (χ4v) is 1.19. The highest BCUT2D eigenvalue weighted by molar-refractivity contribution is 5.20. The molecule has 2 aromatic carbocycles. The van der Waals surface area contributed by atoms with Gasteiger partial charge < -0.3 is 4.74 Å². The molecule has 16 heavy (non-hydrogen) atoms. The molecular weight excluding hydrogens is 196 g/mol. The Morgan fingerprint density at radius 2 is 1.12 bits per heavy atom. The van der Waals surface area contributed by atoms with Crippen molar-refractivity contribution in [3.05, 3.63) is 65.7 Å². The van der Waals surface area contributed by atoms with Gasteiger partial charge in [-0.25, -0.2) is 0 Å². The monoisotopic (exact) mass is 214 g/mol. The fourth-order valence-electron chi connectivity index (χ4n) is 1.19. The Labute approximate surface area is 97.7 Å².